The number of nitrogens with zero attached hydrogens (tertiary/aromatic N) is 1. The Morgan fingerprint density at radius 3 is 2.85 bits per heavy atom. The second-order valence-electron chi connectivity index (χ2n) is 3.91. The van der Waals surface area contributed by atoms with Crippen LogP contribution in [0.25, 0.3) is 0 Å². The molecule has 1 amide bonds. The number of nitrogens with one attached hydrogen (secondary N) is 1. The van der Waals surface area contributed by atoms with Crippen LogP contribution in [0.3, 0.4) is 0 Å². The highest BCUT2D eigenvalue weighted by molar-refractivity contribution is 9.10. The first-order valence-electron chi connectivity index (χ1n) is 5.57. The number of carbonyl (C=O) groups is 1. The Labute approximate surface area is 129 Å². The fourth-order valence-electron chi connectivity index (χ4n) is 1.57. The number of carbonyl (C=O) groups excluding carboxylic acids is 1. The Kier molecular flexibility index (Phi) is 4.46. The summed E-state index contributed by atoms with van der Waals surface area (Å²) in [4.78, 5) is 16.0. The minimum absolute atomic E-state index is 0.101. The largest absolute Gasteiger partial charge is 0.496 e. The molecule has 1 heterocycles. The summed E-state index contributed by atoms with van der Waals surface area (Å²) in [5.74, 6) is 0.290. The predicted molar refractivity (Wildman–Crippen MR) is 82.3 cm³/mol. The topological polar surface area (TPSA) is 77.2 Å². The summed E-state index contributed by atoms with van der Waals surface area (Å²) in [5, 5.41) is 2.82. The van der Waals surface area contributed by atoms with Crippen molar-refractivity contribution in [1.29, 1.82) is 0 Å². The van der Waals surface area contributed by atoms with Crippen LogP contribution in [-0.4, -0.2) is 18.0 Å². The molecule has 3 N–H and O–H groups in total. The lowest BCUT2D eigenvalue weighted by Gasteiger charge is -2.09. The summed E-state index contributed by atoms with van der Waals surface area (Å²) >= 11 is 9.22. The van der Waals surface area contributed by atoms with E-state index >= 15 is 0 Å². The third-order valence-electron chi connectivity index (χ3n) is 2.51. The van der Waals surface area contributed by atoms with Crippen LogP contribution >= 0.6 is 27.5 Å². The van der Waals surface area contributed by atoms with E-state index in [1.54, 1.807) is 25.3 Å². The van der Waals surface area contributed by atoms with Crippen LogP contribution in [0.1, 0.15) is 10.4 Å². The Bertz CT molecular complexity index is 664. The predicted octanol–water partition coefficient (Wildman–Crippen LogP) is 3.34. The zero-order chi connectivity index (χ0) is 14.7. The van der Waals surface area contributed by atoms with Crippen molar-refractivity contribution in [3.05, 3.63) is 45.7 Å². The van der Waals surface area contributed by atoms with Crippen LogP contribution in [-0.2, 0) is 0 Å². The van der Waals surface area contributed by atoms with Gasteiger partial charge in [0, 0.05) is 5.69 Å². The number of ether oxygens (including phenoxy) is 1. The van der Waals surface area contributed by atoms with Crippen molar-refractivity contribution < 1.29 is 9.53 Å². The van der Waals surface area contributed by atoms with Crippen LogP contribution < -0.4 is 15.8 Å². The van der Waals surface area contributed by atoms with Gasteiger partial charge < -0.3 is 15.8 Å². The van der Waals surface area contributed by atoms with Gasteiger partial charge in [-0.2, -0.15) is 0 Å². The van der Waals surface area contributed by atoms with Crippen LogP contribution in [0, 0.1) is 0 Å². The molecule has 0 saturated heterocycles. The van der Waals surface area contributed by atoms with Gasteiger partial charge in [-0.15, -0.1) is 0 Å². The lowest BCUT2D eigenvalue weighted by atomic mass is 10.2. The molecule has 2 rings (SSSR count). The van der Waals surface area contributed by atoms with E-state index in [2.05, 4.69) is 26.2 Å². The lowest BCUT2D eigenvalue weighted by Crippen LogP contribution is -2.13. The van der Waals surface area contributed by atoms with Gasteiger partial charge in [0.15, 0.2) is 0 Å². The zero-order valence-electron chi connectivity index (χ0n) is 10.5. The number of hydrogen-bond donors (Lipinski definition) is 2. The first-order valence-corrected chi connectivity index (χ1v) is 6.74. The molecule has 2 aromatic rings. The Morgan fingerprint density at radius 2 is 2.20 bits per heavy atom. The molecule has 0 saturated carbocycles. The van der Waals surface area contributed by atoms with Gasteiger partial charge in [-0.25, -0.2) is 4.98 Å². The number of methoxy groups -OCH3 is 1. The SMILES string of the molecule is COc1ccc(NC(=O)c2cc(N)cnc2Cl)cc1Br. The van der Waals surface area contributed by atoms with Crippen molar-refractivity contribution >= 4 is 44.8 Å². The Balaban J connectivity index is 2.23. The van der Waals surface area contributed by atoms with Crippen molar-refractivity contribution in [1.82, 2.24) is 4.98 Å². The van der Waals surface area contributed by atoms with Gasteiger partial charge in [-0.05, 0) is 40.2 Å². The second kappa shape index (κ2) is 6.11. The van der Waals surface area contributed by atoms with E-state index in [9.17, 15) is 4.79 Å². The number of aromatic nitrogens is 1. The van der Waals surface area contributed by atoms with Gasteiger partial charge in [-0.1, -0.05) is 11.6 Å². The van der Waals surface area contributed by atoms with Gasteiger partial charge in [0.25, 0.3) is 5.91 Å². The minimum Gasteiger partial charge on any atom is -0.496 e. The molecule has 20 heavy (non-hydrogen) atoms. The molecule has 104 valence electrons. The molecule has 1 aromatic heterocycles. The average Bonchev–Trinajstić information content (AvgIpc) is 2.41. The van der Waals surface area contributed by atoms with Crippen molar-refractivity contribution in [3.8, 4) is 5.75 Å². The van der Waals surface area contributed by atoms with E-state index in [1.165, 1.54) is 12.3 Å². The maximum Gasteiger partial charge on any atom is 0.258 e. The summed E-state index contributed by atoms with van der Waals surface area (Å²) < 4.78 is 5.85. The highest BCUT2D eigenvalue weighted by Crippen LogP contribution is 2.28. The molecule has 0 atom stereocenters. The van der Waals surface area contributed by atoms with E-state index in [4.69, 9.17) is 22.1 Å². The van der Waals surface area contributed by atoms with Gasteiger partial charge >= 0.3 is 0 Å². The fraction of sp³-hybridized carbons (Fsp3) is 0.0769. The highest BCUT2D eigenvalue weighted by atomic mass is 79.9. The molecule has 0 aliphatic rings. The fourth-order valence-corrected chi connectivity index (χ4v) is 2.30. The summed E-state index contributed by atoms with van der Waals surface area (Å²) in [6, 6.07) is 6.65. The molecule has 0 radical (unpaired) electrons. The quantitative estimate of drug-likeness (QED) is 0.827. The zero-order valence-corrected chi connectivity index (χ0v) is 12.8. The highest BCUT2D eigenvalue weighted by Gasteiger charge is 2.13. The third-order valence-corrected chi connectivity index (χ3v) is 3.44. The maximum atomic E-state index is 12.1. The van der Waals surface area contributed by atoms with Crippen LogP contribution in [0.15, 0.2) is 34.9 Å². The standard InChI is InChI=1S/C13H11BrClN3O2/c1-20-11-3-2-8(5-10(11)14)18-13(19)9-4-7(16)6-17-12(9)15/h2-6H,16H2,1H3,(H,18,19). The van der Waals surface area contributed by atoms with Gasteiger partial charge in [0.1, 0.15) is 10.9 Å². The summed E-state index contributed by atoms with van der Waals surface area (Å²) in [7, 11) is 1.57. The molecule has 1 aromatic carbocycles. The first-order chi connectivity index (χ1) is 9.51. The van der Waals surface area contributed by atoms with Crippen LogP contribution in [0.4, 0.5) is 11.4 Å². The number of anilines is 2. The van der Waals surface area contributed by atoms with E-state index in [0.29, 0.717) is 17.1 Å². The molecular formula is C13H11BrClN3O2. The number of halogens is 2. The maximum absolute atomic E-state index is 12.1. The average molecular weight is 357 g/mol. The van der Waals surface area contributed by atoms with Crippen molar-refractivity contribution in [2.24, 2.45) is 0 Å². The second-order valence-corrected chi connectivity index (χ2v) is 5.12. The lowest BCUT2D eigenvalue weighted by molar-refractivity contribution is 0.102. The van der Waals surface area contributed by atoms with Gasteiger partial charge in [0.2, 0.25) is 0 Å². The van der Waals surface area contributed by atoms with Crippen molar-refractivity contribution in [3.63, 3.8) is 0 Å². The summed E-state index contributed by atoms with van der Waals surface area (Å²) in [6.07, 6.45) is 1.39. The number of amides is 1. The molecule has 7 heteroatoms. The van der Waals surface area contributed by atoms with Gasteiger partial charge in [-0.3, -0.25) is 4.79 Å². The Hall–Kier alpha value is -1.79. The number of pyridine rings is 1. The van der Waals surface area contributed by atoms with E-state index in [-0.39, 0.29) is 16.6 Å². The minimum atomic E-state index is -0.383. The smallest absolute Gasteiger partial charge is 0.258 e. The van der Waals surface area contributed by atoms with Crippen LogP contribution in [0.5, 0.6) is 5.75 Å². The van der Waals surface area contributed by atoms with Gasteiger partial charge in [0.05, 0.1) is 29.0 Å². The number of nitrogens with two attached hydrogens (primary N) is 1. The number of nitrogen functional groups attached to an aromatic ring is 1. The van der Waals surface area contributed by atoms with E-state index < -0.39 is 0 Å². The normalized spacial score (nSPS) is 10.2. The molecule has 0 bridgehead atoms. The first kappa shape index (κ1) is 14.6. The third kappa shape index (κ3) is 3.20. The molecule has 0 unspecified atom stereocenters. The summed E-state index contributed by atoms with van der Waals surface area (Å²) in [5.41, 5.74) is 6.79. The molecule has 0 aliphatic heterocycles. The van der Waals surface area contributed by atoms with Crippen molar-refractivity contribution in [2.45, 2.75) is 0 Å². The number of rotatable bonds is 3. The molecule has 0 aliphatic carbocycles. The van der Waals surface area contributed by atoms with E-state index in [1.807, 2.05) is 0 Å². The molecule has 5 nitrogen and oxygen atoms in total. The summed E-state index contributed by atoms with van der Waals surface area (Å²) in [6.45, 7) is 0. The monoisotopic (exact) mass is 355 g/mol. The number of hydrogen-bond acceptors (Lipinski definition) is 4. The molecule has 0 spiro atoms. The molecular weight excluding hydrogens is 346 g/mol. The Morgan fingerprint density at radius 1 is 1.45 bits per heavy atom. The molecule has 0 fully saturated rings. The van der Waals surface area contributed by atoms with Crippen LogP contribution in [0.2, 0.25) is 5.15 Å². The van der Waals surface area contributed by atoms with E-state index in [0.717, 1.165) is 4.47 Å². The van der Waals surface area contributed by atoms with Crippen molar-refractivity contribution in [2.75, 3.05) is 18.2 Å². The number of benzene rings is 1.